The zero-order valence-electron chi connectivity index (χ0n) is 15.3. The number of rotatable bonds is 6. The van der Waals surface area contributed by atoms with Crippen LogP contribution in [0.3, 0.4) is 0 Å². The van der Waals surface area contributed by atoms with Gasteiger partial charge in [-0.1, -0.05) is 88.4 Å². The van der Waals surface area contributed by atoms with Crippen molar-refractivity contribution in [1.29, 1.82) is 0 Å². The van der Waals surface area contributed by atoms with Crippen molar-refractivity contribution in [1.82, 2.24) is 0 Å². The monoisotopic (exact) mass is 340 g/mol. The molecule has 0 radical (unpaired) electrons. The molecule has 3 heteroatoms. The Morgan fingerprint density at radius 1 is 0.875 bits per heavy atom. The first kappa shape index (κ1) is 18.6. The van der Waals surface area contributed by atoms with Crippen LogP contribution < -0.4 is 10.4 Å². The average Bonchev–Trinajstić information content (AvgIpc) is 2.59. The van der Waals surface area contributed by atoms with Crippen LogP contribution in [0.1, 0.15) is 34.6 Å². The minimum absolute atomic E-state index is 0.0629. The first-order valence-corrected chi connectivity index (χ1v) is 10.5. The Morgan fingerprint density at radius 2 is 1.29 bits per heavy atom. The predicted molar refractivity (Wildman–Crippen MR) is 103 cm³/mol. The summed E-state index contributed by atoms with van der Waals surface area (Å²) in [4.78, 5) is 11.3. The summed E-state index contributed by atoms with van der Waals surface area (Å²) in [5.74, 6) is -0.133. The van der Waals surface area contributed by atoms with Crippen LogP contribution in [0.2, 0.25) is 5.04 Å². The fourth-order valence-electron chi connectivity index (χ4n) is 3.19. The largest absolute Gasteiger partial charge is 0.404 e. The standard InChI is InChI=1S/C21H28O2Si/c1-17(16-22)18(2)23-24(21(3,4)5,19-12-8-6-9-13-19)20-14-10-7-11-15-20/h6-18H,1-5H3. The molecule has 2 aromatic carbocycles. The van der Waals surface area contributed by atoms with Gasteiger partial charge in [-0.2, -0.15) is 0 Å². The minimum atomic E-state index is -2.55. The summed E-state index contributed by atoms with van der Waals surface area (Å²) < 4.78 is 6.83. The number of hydrogen-bond donors (Lipinski definition) is 0. The normalized spacial score (nSPS) is 14.9. The molecule has 0 N–H and O–H groups in total. The van der Waals surface area contributed by atoms with E-state index in [2.05, 4.69) is 69.3 Å². The van der Waals surface area contributed by atoms with Gasteiger partial charge in [-0.25, -0.2) is 0 Å². The van der Waals surface area contributed by atoms with Crippen molar-refractivity contribution in [3.63, 3.8) is 0 Å². The number of hydrogen-bond acceptors (Lipinski definition) is 2. The van der Waals surface area contributed by atoms with Crippen molar-refractivity contribution in [2.24, 2.45) is 5.92 Å². The molecule has 2 atom stereocenters. The van der Waals surface area contributed by atoms with Gasteiger partial charge in [0.25, 0.3) is 8.32 Å². The topological polar surface area (TPSA) is 26.3 Å². The summed E-state index contributed by atoms with van der Waals surface area (Å²) in [5.41, 5.74) is 0. The van der Waals surface area contributed by atoms with Gasteiger partial charge in [0.05, 0.1) is 6.10 Å². The number of benzene rings is 2. The highest BCUT2D eigenvalue weighted by Crippen LogP contribution is 2.38. The lowest BCUT2D eigenvalue weighted by Crippen LogP contribution is -2.67. The molecule has 0 heterocycles. The van der Waals surface area contributed by atoms with E-state index in [-0.39, 0.29) is 17.1 Å². The Labute approximate surface area is 147 Å². The molecule has 0 aliphatic carbocycles. The predicted octanol–water partition coefficient (Wildman–Crippen LogP) is 3.79. The Morgan fingerprint density at radius 3 is 1.62 bits per heavy atom. The van der Waals surface area contributed by atoms with Crippen LogP contribution in [-0.4, -0.2) is 20.7 Å². The molecule has 128 valence electrons. The number of carbonyl (C=O) groups is 1. The number of aldehydes is 1. The third-order valence-electron chi connectivity index (χ3n) is 4.73. The molecule has 0 saturated heterocycles. The quantitative estimate of drug-likeness (QED) is 0.591. The van der Waals surface area contributed by atoms with Gasteiger partial charge >= 0.3 is 0 Å². The van der Waals surface area contributed by atoms with Crippen molar-refractivity contribution >= 4 is 25.0 Å². The van der Waals surface area contributed by atoms with Crippen LogP contribution in [0.5, 0.6) is 0 Å². The summed E-state index contributed by atoms with van der Waals surface area (Å²) in [6.07, 6.45) is 0.858. The Bertz CT molecular complexity index is 607. The van der Waals surface area contributed by atoms with Gasteiger partial charge in [0.15, 0.2) is 0 Å². The molecule has 0 aliphatic rings. The molecule has 24 heavy (non-hydrogen) atoms. The molecule has 2 nitrogen and oxygen atoms in total. The maximum absolute atomic E-state index is 11.3. The van der Waals surface area contributed by atoms with E-state index in [9.17, 15) is 4.79 Å². The molecule has 0 saturated carbocycles. The van der Waals surface area contributed by atoms with E-state index in [1.165, 1.54) is 10.4 Å². The van der Waals surface area contributed by atoms with Crippen LogP contribution in [-0.2, 0) is 9.22 Å². The average molecular weight is 341 g/mol. The molecule has 0 spiro atoms. The van der Waals surface area contributed by atoms with E-state index < -0.39 is 8.32 Å². The van der Waals surface area contributed by atoms with Crippen molar-refractivity contribution in [2.45, 2.75) is 45.8 Å². The maximum atomic E-state index is 11.3. The second-order valence-corrected chi connectivity index (χ2v) is 11.7. The molecule has 2 unspecified atom stereocenters. The van der Waals surface area contributed by atoms with Gasteiger partial charge in [0.2, 0.25) is 0 Å². The zero-order chi connectivity index (χ0) is 17.8. The van der Waals surface area contributed by atoms with E-state index in [4.69, 9.17) is 4.43 Å². The highest BCUT2D eigenvalue weighted by molar-refractivity contribution is 6.99. The highest BCUT2D eigenvalue weighted by Gasteiger charge is 2.51. The molecule has 2 aromatic rings. The van der Waals surface area contributed by atoms with E-state index in [1.54, 1.807) is 0 Å². The van der Waals surface area contributed by atoms with E-state index in [1.807, 2.05) is 26.0 Å². The summed E-state index contributed by atoms with van der Waals surface area (Å²) >= 11 is 0. The van der Waals surface area contributed by atoms with E-state index in [0.29, 0.717) is 0 Å². The fraction of sp³-hybridized carbons (Fsp3) is 0.381. The Balaban J connectivity index is 2.68. The van der Waals surface area contributed by atoms with Gasteiger partial charge in [0.1, 0.15) is 6.29 Å². The van der Waals surface area contributed by atoms with Gasteiger partial charge in [0, 0.05) is 5.92 Å². The van der Waals surface area contributed by atoms with Crippen molar-refractivity contribution < 1.29 is 9.22 Å². The summed E-state index contributed by atoms with van der Waals surface area (Å²) in [7, 11) is -2.55. The second-order valence-electron chi connectivity index (χ2n) is 7.48. The molecule has 0 aliphatic heterocycles. The zero-order valence-corrected chi connectivity index (χ0v) is 16.3. The SMILES string of the molecule is CC(C=O)C(C)O[Si](c1ccccc1)(c1ccccc1)C(C)(C)C. The molecule has 2 rings (SSSR count). The van der Waals surface area contributed by atoms with E-state index >= 15 is 0 Å². The van der Waals surface area contributed by atoms with Crippen LogP contribution in [0.15, 0.2) is 60.7 Å². The number of carbonyl (C=O) groups excluding carboxylic acids is 1. The third kappa shape index (κ3) is 3.52. The van der Waals surface area contributed by atoms with Crippen LogP contribution >= 0.6 is 0 Å². The Kier molecular flexibility index (Phi) is 5.78. The lowest BCUT2D eigenvalue weighted by Gasteiger charge is -2.45. The van der Waals surface area contributed by atoms with Gasteiger partial charge in [-0.15, -0.1) is 0 Å². The van der Waals surface area contributed by atoms with Crippen molar-refractivity contribution in [2.75, 3.05) is 0 Å². The van der Waals surface area contributed by atoms with Gasteiger partial charge < -0.3 is 9.22 Å². The highest BCUT2D eigenvalue weighted by atomic mass is 28.4. The summed E-state index contributed by atoms with van der Waals surface area (Å²) in [5, 5.41) is 2.43. The van der Waals surface area contributed by atoms with Crippen LogP contribution in [0.4, 0.5) is 0 Å². The van der Waals surface area contributed by atoms with Gasteiger partial charge in [-0.3, -0.25) is 0 Å². The first-order valence-electron chi connectivity index (χ1n) is 8.57. The molecule has 0 bridgehead atoms. The third-order valence-corrected chi connectivity index (χ3v) is 9.87. The maximum Gasteiger partial charge on any atom is 0.261 e. The van der Waals surface area contributed by atoms with Crippen molar-refractivity contribution in [3.05, 3.63) is 60.7 Å². The summed E-state index contributed by atoms with van der Waals surface area (Å²) in [6, 6.07) is 21.0. The molecular formula is C21H28O2Si. The minimum Gasteiger partial charge on any atom is -0.404 e. The van der Waals surface area contributed by atoms with Crippen LogP contribution in [0, 0.1) is 5.92 Å². The molecule has 0 aromatic heterocycles. The molecule has 0 amide bonds. The smallest absolute Gasteiger partial charge is 0.261 e. The molecular weight excluding hydrogens is 312 g/mol. The summed E-state index contributed by atoms with van der Waals surface area (Å²) in [6.45, 7) is 10.7. The fourth-order valence-corrected chi connectivity index (χ4v) is 7.98. The second kappa shape index (κ2) is 7.45. The van der Waals surface area contributed by atoms with Gasteiger partial charge in [-0.05, 0) is 22.3 Å². The first-order chi connectivity index (χ1) is 11.3. The Hall–Kier alpha value is -1.71. The molecule has 0 fully saturated rings. The van der Waals surface area contributed by atoms with E-state index in [0.717, 1.165) is 6.29 Å². The van der Waals surface area contributed by atoms with Crippen molar-refractivity contribution in [3.8, 4) is 0 Å². The lowest BCUT2D eigenvalue weighted by atomic mass is 10.1. The van der Waals surface area contributed by atoms with Crippen LogP contribution in [0.25, 0.3) is 0 Å². The lowest BCUT2D eigenvalue weighted by molar-refractivity contribution is -0.112.